The summed E-state index contributed by atoms with van der Waals surface area (Å²) in [5.74, 6) is 2.21. The fourth-order valence-corrected chi connectivity index (χ4v) is 3.75. The average molecular weight is 364 g/mol. The Hall–Kier alpha value is -2.79. The molecule has 0 saturated carbocycles. The largest absolute Gasteiger partial charge is 0.493 e. The van der Waals surface area contributed by atoms with Crippen LogP contribution in [-0.4, -0.2) is 30.6 Å². The van der Waals surface area contributed by atoms with E-state index >= 15 is 0 Å². The van der Waals surface area contributed by atoms with Gasteiger partial charge in [0.1, 0.15) is 6.26 Å². The zero-order chi connectivity index (χ0) is 18.6. The summed E-state index contributed by atoms with van der Waals surface area (Å²) in [7, 11) is 3.34. The predicted molar refractivity (Wildman–Crippen MR) is 104 cm³/mol. The molecule has 1 saturated heterocycles. The maximum Gasteiger partial charge on any atom is 0.226 e. The lowest BCUT2D eigenvalue weighted by atomic mass is 10.0. The van der Waals surface area contributed by atoms with E-state index in [4.69, 9.17) is 13.9 Å². The Bertz CT molecular complexity index is 892. The topological polar surface area (TPSA) is 47.7 Å². The second-order valence-corrected chi connectivity index (χ2v) is 6.75. The second-order valence-electron chi connectivity index (χ2n) is 6.75. The van der Waals surface area contributed by atoms with Crippen molar-refractivity contribution in [3.05, 3.63) is 66.1 Å². The van der Waals surface area contributed by atoms with Crippen LogP contribution in [0.2, 0.25) is 0 Å². The van der Waals surface area contributed by atoms with E-state index in [2.05, 4.69) is 22.0 Å². The summed E-state index contributed by atoms with van der Waals surface area (Å²) in [5, 5.41) is 0. The monoisotopic (exact) mass is 364 g/mol. The first-order chi connectivity index (χ1) is 13.3. The molecule has 140 valence electrons. The van der Waals surface area contributed by atoms with Crippen LogP contribution >= 0.6 is 0 Å². The number of rotatable bonds is 6. The minimum absolute atomic E-state index is 0.349. The van der Waals surface area contributed by atoms with Crippen LogP contribution in [-0.2, 0) is 6.54 Å². The minimum Gasteiger partial charge on any atom is -0.493 e. The van der Waals surface area contributed by atoms with Gasteiger partial charge in [0.15, 0.2) is 11.5 Å². The van der Waals surface area contributed by atoms with E-state index in [-0.39, 0.29) is 0 Å². The molecule has 1 aliphatic heterocycles. The quantitative estimate of drug-likeness (QED) is 0.635. The molecule has 5 nitrogen and oxygen atoms in total. The molecule has 27 heavy (non-hydrogen) atoms. The molecule has 0 radical (unpaired) electrons. The minimum atomic E-state index is 0.349. The van der Waals surface area contributed by atoms with Crippen molar-refractivity contribution in [1.29, 1.82) is 0 Å². The molecule has 0 N–H and O–H groups in total. The summed E-state index contributed by atoms with van der Waals surface area (Å²) in [6.45, 7) is 1.82. The van der Waals surface area contributed by atoms with E-state index in [0.717, 1.165) is 42.3 Å². The fraction of sp³-hybridized carbons (Fsp3) is 0.318. The van der Waals surface area contributed by atoms with Gasteiger partial charge in [0.05, 0.1) is 19.9 Å². The number of likely N-dealkylation sites (tertiary alicyclic amines) is 1. The maximum absolute atomic E-state index is 5.69. The summed E-state index contributed by atoms with van der Waals surface area (Å²) < 4.78 is 16.5. The van der Waals surface area contributed by atoms with Gasteiger partial charge in [0.25, 0.3) is 0 Å². The van der Waals surface area contributed by atoms with Crippen LogP contribution < -0.4 is 9.47 Å². The number of methoxy groups -OCH3 is 2. The van der Waals surface area contributed by atoms with E-state index in [9.17, 15) is 0 Å². The lowest BCUT2D eigenvalue weighted by Gasteiger charge is -2.24. The van der Waals surface area contributed by atoms with Gasteiger partial charge in [-0.1, -0.05) is 24.3 Å². The second kappa shape index (κ2) is 7.84. The van der Waals surface area contributed by atoms with Gasteiger partial charge in [0, 0.05) is 18.2 Å². The van der Waals surface area contributed by atoms with Crippen LogP contribution in [0.5, 0.6) is 11.5 Å². The molecular weight excluding hydrogens is 340 g/mol. The van der Waals surface area contributed by atoms with Crippen molar-refractivity contribution in [1.82, 2.24) is 9.88 Å². The van der Waals surface area contributed by atoms with Crippen LogP contribution in [0.25, 0.3) is 11.5 Å². The molecule has 0 unspecified atom stereocenters. The number of ether oxygens (including phenoxy) is 2. The molecule has 1 atom stereocenters. The van der Waals surface area contributed by atoms with Crippen molar-refractivity contribution in [3.8, 4) is 23.0 Å². The number of hydrogen-bond acceptors (Lipinski definition) is 5. The Morgan fingerprint density at radius 3 is 2.67 bits per heavy atom. The smallest absolute Gasteiger partial charge is 0.226 e. The lowest BCUT2D eigenvalue weighted by Crippen LogP contribution is -2.23. The van der Waals surface area contributed by atoms with E-state index in [1.807, 2.05) is 36.4 Å². The molecule has 5 heteroatoms. The highest BCUT2D eigenvalue weighted by molar-refractivity contribution is 5.52. The lowest BCUT2D eigenvalue weighted by molar-refractivity contribution is 0.244. The Labute approximate surface area is 159 Å². The van der Waals surface area contributed by atoms with Gasteiger partial charge in [-0.05, 0) is 49.2 Å². The number of aromatic nitrogens is 1. The molecule has 4 rings (SSSR count). The molecule has 0 amide bonds. The molecule has 2 aromatic carbocycles. The Morgan fingerprint density at radius 1 is 1.07 bits per heavy atom. The SMILES string of the molecule is COc1ccc([C@@H]2CCCN2Cc2coc(-c3ccccc3)n2)cc1OC. The van der Waals surface area contributed by atoms with Gasteiger partial charge in [-0.25, -0.2) is 4.98 Å². The molecule has 2 heterocycles. The molecule has 1 aromatic heterocycles. The third kappa shape index (κ3) is 3.69. The van der Waals surface area contributed by atoms with Crippen molar-refractivity contribution in [2.75, 3.05) is 20.8 Å². The van der Waals surface area contributed by atoms with Crippen molar-refractivity contribution >= 4 is 0 Å². The Balaban J connectivity index is 1.52. The fourth-order valence-electron chi connectivity index (χ4n) is 3.75. The molecule has 1 aliphatic rings. The molecule has 1 fully saturated rings. The van der Waals surface area contributed by atoms with Crippen molar-refractivity contribution < 1.29 is 13.9 Å². The van der Waals surface area contributed by atoms with Gasteiger partial charge in [-0.2, -0.15) is 0 Å². The maximum atomic E-state index is 5.69. The third-order valence-electron chi connectivity index (χ3n) is 5.09. The normalized spacial score (nSPS) is 17.2. The summed E-state index contributed by atoms with van der Waals surface area (Å²) >= 11 is 0. The number of benzene rings is 2. The van der Waals surface area contributed by atoms with Crippen molar-refractivity contribution in [2.45, 2.75) is 25.4 Å². The van der Waals surface area contributed by atoms with E-state index in [0.29, 0.717) is 11.9 Å². The van der Waals surface area contributed by atoms with Crippen LogP contribution in [0.4, 0.5) is 0 Å². The highest BCUT2D eigenvalue weighted by Crippen LogP contribution is 2.37. The van der Waals surface area contributed by atoms with Crippen LogP contribution in [0.15, 0.2) is 59.2 Å². The summed E-state index contributed by atoms with van der Waals surface area (Å²) in [6, 6.07) is 16.5. The molecular formula is C22H24N2O3. The summed E-state index contributed by atoms with van der Waals surface area (Å²) in [5.41, 5.74) is 3.21. The highest BCUT2D eigenvalue weighted by Gasteiger charge is 2.27. The highest BCUT2D eigenvalue weighted by atomic mass is 16.5. The van der Waals surface area contributed by atoms with E-state index < -0.39 is 0 Å². The molecule has 0 bridgehead atoms. The molecule has 0 aliphatic carbocycles. The summed E-state index contributed by atoms with van der Waals surface area (Å²) in [6.07, 6.45) is 4.06. The molecule has 0 spiro atoms. The van der Waals surface area contributed by atoms with Gasteiger partial charge in [-0.15, -0.1) is 0 Å². The third-order valence-corrected chi connectivity index (χ3v) is 5.09. The summed E-state index contributed by atoms with van der Waals surface area (Å²) in [4.78, 5) is 7.13. The Morgan fingerprint density at radius 2 is 1.89 bits per heavy atom. The Kier molecular flexibility index (Phi) is 5.12. The van der Waals surface area contributed by atoms with Gasteiger partial charge >= 0.3 is 0 Å². The first-order valence-corrected chi connectivity index (χ1v) is 9.24. The van der Waals surface area contributed by atoms with Crippen molar-refractivity contribution in [3.63, 3.8) is 0 Å². The van der Waals surface area contributed by atoms with Crippen LogP contribution in [0.1, 0.15) is 30.1 Å². The van der Waals surface area contributed by atoms with Gasteiger partial charge in [0.2, 0.25) is 5.89 Å². The predicted octanol–water partition coefficient (Wildman–Crippen LogP) is 4.70. The number of hydrogen-bond donors (Lipinski definition) is 0. The average Bonchev–Trinajstić information content (AvgIpc) is 3.38. The number of nitrogens with zero attached hydrogens (tertiary/aromatic N) is 2. The van der Waals surface area contributed by atoms with Gasteiger partial charge in [-0.3, -0.25) is 4.90 Å². The van der Waals surface area contributed by atoms with Gasteiger partial charge < -0.3 is 13.9 Å². The van der Waals surface area contributed by atoms with Crippen LogP contribution in [0.3, 0.4) is 0 Å². The van der Waals surface area contributed by atoms with E-state index in [1.165, 1.54) is 12.0 Å². The first-order valence-electron chi connectivity index (χ1n) is 9.24. The van der Waals surface area contributed by atoms with Crippen molar-refractivity contribution in [2.24, 2.45) is 0 Å². The van der Waals surface area contributed by atoms with Crippen LogP contribution in [0, 0.1) is 0 Å². The van der Waals surface area contributed by atoms with E-state index in [1.54, 1.807) is 20.5 Å². The zero-order valence-corrected chi connectivity index (χ0v) is 15.7. The zero-order valence-electron chi connectivity index (χ0n) is 15.7. The first kappa shape index (κ1) is 17.6. The number of oxazole rings is 1. The molecule has 3 aromatic rings. The standard InChI is InChI=1S/C22H24N2O3/c1-25-20-11-10-17(13-21(20)26-2)19-9-6-12-24(19)14-18-15-27-22(23-18)16-7-4-3-5-8-16/h3-5,7-8,10-11,13,15,19H,6,9,12,14H2,1-2H3/t19-/m0/s1.